The van der Waals surface area contributed by atoms with Gasteiger partial charge >= 0.3 is 12.1 Å². The van der Waals surface area contributed by atoms with Gasteiger partial charge in [-0.3, -0.25) is 0 Å². The van der Waals surface area contributed by atoms with Crippen LogP contribution in [0.15, 0.2) is 54.9 Å². The Bertz CT molecular complexity index is 1110. The quantitative estimate of drug-likeness (QED) is 0.432. The van der Waals surface area contributed by atoms with E-state index in [1.54, 1.807) is 0 Å². The van der Waals surface area contributed by atoms with Gasteiger partial charge in [0.1, 0.15) is 0 Å². The summed E-state index contributed by atoms with van der Waals surface area (Å²) in [5, 5.41) is 6.08. The third kappa shape index (κ3) is 4.33. The Morgan fingerprint density at radius 1 is 0.848 bits per heavy atom. The number of amides is 4. The molecule has 8 heteroatoms. The molecule has 172 valence electrons. The number of H-pyrrole nitrogens is 2. The molecule has 2 aromatic heterocycles. The van der Waals surface area contributed by atoms with E-state index < -0.39 is 0 Å². The van der Waals surface area contributed by atoms with Gasteiger partial charge in [0.05, 0.1) is 12.1 Å². The highest BCUT2D eigenvalue weighted by Gasteiger charge is 2.32. The molecular formula is C25H30N6O2. The predicted molar refractivity (Wildman–Crippen MR) is 128 cm³/mol. The highest BCUT2D eigenvalue weighted by atomic mass is 16.2. The van der Waals surface area contributed by atoms with Gasteiger partial charge in [0.15, 0.2) is 0 Å². The van der Waals surface area contributed by atoms with Gasteiger partial charge in [-0.05, 0) is 74.6 Å². The largest absolute Gasteiger partial charge is 0.363 e. The summed E-state index contributed by atoms with van der Waals surface area (Å²) in [6, 6.07) is 13.5. The SMILES string of the molecule is Cc1ccc(NC(=O)N2CCC[C@@H]2c2ccc[nH]2)cc1NC(=O)N1CCC[C@@H]1c1ccc[nH]1. The number of hydrogen-bond acceptors (Lipinski definition) is 2. The Morgan fingerprint density at radius 2 is 1.42 bits per heavy atom. The molecule has 2 atom stereocenters. The lowest BCUT2D eigenvalue weighted by atomic mass is 10.1. The molecule has 2 fully saturated rings. The Hall–Kier alpha value is -3.68. The van der Waals surface area contributed by atoms with Gasteiger partial charge < -0.3 is 30.4 Å². The standard InChI is InChI=1S/C25H30N6O2/c1-17-10-11-18(28-24(32)30-14-4-8-22(30)19-6-2-12-26-19)16-21(17)29-25(33)31-15-5-9-23(31)20-7-3-13-27-20/h2-3,6-7,10-13,16,22-23,26-27H,4-5,8-9,14-15H2,1H3,(H,28,32)(H,29,33)/t22-,23-/m1/s1. The Balaban J connectivity index is 1.27. The lowest BCUT2D eigenvalue weighted by Crippen LogP contribution is -2.35. The summed E-state index contributed by atoms with van der Waals surface area (Å²) in [5.74, 6) is 0. The molecular weight excluding hydrogens is 416 g/mol. The van der Waals surface area contributed by atoms with Crippen LogP contribution in [0.5, 0.6) is 0 Å². The van der Waals surface area contributed by atoms with Crippen molar-refractivity contribution in [2.24, 2.45) is 0 Å². The monoisotopic (exact) mass is 446 g/mol. The second kappa shape index (κ2) is 9.05. The molecule has 2 aliphatic heterocycles. The summed E-state index contributed by atoms with van der Waals surface area (Å²) in [4.78, 5) is 36.3. The number of anilines is 2. The van der Waals surface area contributed by atoms with E-state index in [0.29, 0.717) is 11.4 Å². The van der Waals surface area contributed by atoms with Crippen LogP contribution in [-0.4, -0.2) is 44.9 Å². The molecule has 5 rings (SSSR count). The molecule has 0 unspecified atom stereocenters. The number of benzene rings is 1. The van der Waals surface area contributed by atoms with E-state index in [1.165, 1.54) is 0 Å². The van der Waals surface area contributed by atoms with Gasteiger partial charge in [-0.15, -0.1) is 0 Å². The van der Waals surface area contributed by atoms with Crippen LogP contribution in [0.1, 0.15) is 54.7 Å². The molecule has 0 radical (unpaired) electrons. The molecule has 3 aromatic rings. The van der Waals surface area contributed by atoms with Crippen LogP contribution in [0.3, 0.4) is 0 Å². The first-order valence-corrected chi connectivity index (χ1v) is 11.6. The third-order valence-electron chi connectivity index (χ3n) is 6.72. The summed E-state index contributed by atoms with van der Waals surface area (Å²) < 4.78 is 0. The van der Waals surface area contributed by atoms with Gasteiger partial charge in [0, 0.05) is 48.2 Å². The van der Waals surface area contributed by atoms with Crippen LogP contribution in [-0.2, 0) is 0 Å². The second-order valence-corrected chi connectivity index (χ2v) is 8.84. The highest BCUT2D eigenvalue weighted by molar-refractivity contribution is 5.94. The van der Waals surface area contributed by atoms with E-state index in [0.717, 1.165) is 55.7 Å². The summed E-state index contributed by atoms with van der Waals surface area (Å²) in [7, 11) is 0. The van der Waals surface area contributed by atoms with Crippen molar-refractivity contribution in [3.63, 3.8) is 0 Å². The lowest BCUT2D eigenvalue weighted by Gasteiger charge is -2.26. The average Bonchev–Trinajstić information content (AvgIpc) is 3.62. The van der Waals surface area contributed by atoms with E-state index >= 15 is 0 Å². The van der Waals surface area contributed by atoms with Crippen LogP contribution in [0.2, 0.25) is 0 Å². The van der Waals surface area contributed by atoms with Crippen molar-refractivity contribution in [1.29, 1.82) is 0 Å². The van der Waals surface area contributed by atoms with Gasteiger partial charge in [0.25, 0.3) is 0 Å². The molecule has 2 saturated heterocycles. The number of likely N-dealkylation sites (tertiary alicyclic amines) is 2. The topological polar surface area (TPSA) is 96.3 Å². The molecule has 0 saturated carbocycles. The lowest BCUT2D eigenvalue weighted by molar-refractivity contribution is 0.205. The zero-order valence-corrected chi connectivity index (χ0v) is 18.8. The fraction of sp³-hybridized carbons (Fsp3) is 0.360. The van der Waals surface area contributed by atoms with E-state index in [4.69, 9.17) is 0 Å². The Kier molecular flexibility index (Phi) is 5.81. The smallest absolute Gasteiger partial charge is 0.322 e. The molecule has 0 spiro atoms. The maximum absolute atomic E-state index is 13.1. The molecule has 2 aliphatic rings. The number of carbonyl (C=O) groups is 2. The van der Waals surface area contributed by atoms with Crippen molar-refractivity contribution in [3.8, 4) is 0 Å². The van der Waals surface area contributed by atoms with Gasteiger partial charge in [-0.2, -0.15) is 0 Å². The first-order valence-electron chi connectivity index (χ1n) is 11.6. The van der Waals surface area contributed by atoms with Crippen molar-refractivity contribution in [1.82, 2.24) is 19.8 Å². The van der Waals surface area contributed by atoms with E-state index in [-0.39, 0.29) is 24.1 Å². The van der Waals surface area contributed by atoms with Crippen molar-refractivity contribution < 1.29 is 9.59 Å². The second-order valence-electron chi connectivity index (χ2n) is 8.84. The van der Waals surface area contributed by atoms with Crippen molar-refractivity contribution in [3.05, 3.63) is 71.8 Å². The molecule has 4 N–H and O–H groups in total. The molecule has 8 nitrogen and oxygen atoms in total. The van der Waals surface area contributed by atoms with Gasteiger partial charge in [-0.25, -0.2) is 9.59 Å². The number of rotatable bonds is 4. The first-order chi connectivity index (χ1) is 16.1. The molecule has 33 heavy (non-hydrogen) atoms. The van der Waals surface area contributed by atoms with Crippen LogP contribution in [0, 0.1) is 6.92 Å². The molecule has 1 aromatic carbocycles. The van der Waals surface area contributed by atoms with Gasteiger partial charge in [0.2, 0.25) is 0 Å². The number of aryl methyl sites for hydroxylation is 1. The first kappa shape index (κ1) is 21.2. The minimum atomic E-state index is -0.125. The highest BCUT2D eigenvalue weighted by Crippen LogP contribution is 2.33. The number of hydrogen-bond donors (Lipinski definition) is 4. The summed E-state index contributed by atoms with van der Waals surface area (Å²) in [6.45, 7) is 3.40. The summed E-state index contributed by atoms with van der Waals surface area (Å²) >= 11 is 0. The maximum atomic E-state index is 13.1. The third-order valence-corrected chi connectivity index (χ3v) is 6.72. The van der Waals surface area contributed by atoms with Crippen LogP contribution in [0.4, 0.5) is 21.0 Å². The minimum Gasteiger partial charge on any atom is -0.363 e. The number of nitrogens with zero attached hydrogens (tertiary/aromatic N) is 2. The predicted octanol–water partition coefficient (Wildman–Crippen LogP) is 5.39. The van der Waals surface area contributed by atoms with E-state index in [1.807, 2.05) is 71.6 Å². The zero-order chi connectivity index (χ0) is 22.8. The summed E-state index contributed by atoms with van der Waals surface area (Å²) in [5.41, 5.74) is 4.43. The average molecular weight is 447 g/mol. The number of carbonyl (C=O) groups excluding carboxylic acids is 2. The minimum absolute atomic E-state index is 0.0586. The Labute approximate surface area is 193 Å². The number of urea groups is 2. The van der Waals surface area contributed by atoms with Crippen molar-refractivity contribution in [2.75, 3.05) is 23.7 Å². The zero-order valence-electron chi connectivity index (χ0n) is 18.8. The van der Waals surface area contributed by atoms with Crippen LogP contribution >= 0.6 is 0 Å². The van der Waals surface area contributed by atoms with Crippen molar-refractivity contribution in [2.45, 2.75) is 44.7 Å². The molecule has 4 amide bonds. The maximum Gasteiger partial charge on any atom is 0.322 e. The van der Waals surface area contributed by atoms with E-state index in [9.17, 15) is 9.59 Å². The molecule has 0 aliphatic carbocycles. The molecule has 0 bridgehead atoms. The number of nitrogens with one attached hydrogen (secondary N) is 4. The fourth-order valence-corrected chi connectivity index (χ4v) is 4.99. The van der Waals surface area contributed by atoms with Crippen LogP contribution < -0.4 is 10.6 Å². The number of aromatic amines is 2. The number of aromatic nitrogens is 2. The molecule has 4 heterocycles. The fourth-order valence-electron chi connectivity index (χ4n) is 4.99. The van der Waals surface area contributed by atoms with Crippen molar-refractivity contribution >= 4 is 23.4 Å². The summed E-state index contributed by atoms with van der Waals surface area (Å²) in [6.07, 6.45) is 7.62. The van der Waals surface area contributed by atoms with E-state index in [2.05, 4.69) is 20.6 Å². The van der Waals surface area contributed by atoms with Gasteiger partial charge in [-0.1, -0.05) is 6.07 Å². The Morgan fingerprint density at radius 3 is 1.97 bits per heavy atom. The van der Waals surface area contributed by atoms with Crippen LogP contribution in [0.25, 0.3) is 0 Å². The normalized spacial score (nSPS) is 20.3.